The zero-order valence-electron chi connectivity index (χ0n) is 11.1. The molecule has 2 heterocycles. The average Bonchev–Trinajstić information content (AvgIpc) is 2.86. The summed E-state index contributed by atoms with van der Waals surface area (Å²) in [5.74, 6) is -0.777. The summed E-state index contributed by atoms with van der Waals surface area (Å²) >= 11 is 0.229. The van der Waals surface area contributed by atoms with Gasteiger partial charge in [-0.15, -0.1) is 10.2 Å². The molecule has 116 valence electrons. The third-order valence-corrected chi connectivity index (χ3v) is 3.28. The van der Waals surface area contributed by atoms with Crippen LogP contribution in [-0.4, -0.2) is 26.9 Å². The van der Waals surface area contributed by atoms with Crippen LogP contribution in [0.5, 0.6) is 0 Å². The number of rotatable bonds is 4. The molecule has 22 heavy (non-hydrogen) atoms. The van der Waals surface area contributed by atoms with Gasteiger partial charge < -0.3 is 0 Å². The van der Waals surface area contributed by atoms with Crippen molar-refractivity contribution in [1.29, 1.82) is 0 Å². The molecular formula is C12H9F3N4O2S. The Hall–Kier alpha value is -2.36. The van der Waals surface area contributed by atoms with Crippen molar-refractivity contribution in [2.24, 2.45) is 0 Å². The number of alkyl halides is 3. The molecule has 0 aliphatic carbocycles. The Morgan fingerprint density at radius 1 is 1.32 bits per heavy atom. The molecule has 0 saturated carbocycles. The number of carbonyl (C=O) groups is 2. The van der Waals surface area contributed by atoms with Crippen molar-refractivity contribution in [2.75, 3.05) is 5.32 Å². The number of anilines is 1. The second-order valence-corrected chi connectivity index (χ2v) is 5.26. The molecule has 2 rings (SSSR count). The number of amides is 1. The van der Waals surface area contributed by atoms with Crippen molar-refractivity contribution in [1.82, 2.24) is 15.2 Å². The lowest BCUT2D eigenvalue weighted by Crippen LogP contribution is -2.13. The van der Waals surface area contributed by atoms with E-state index in [-0.39, 0.29) is 34.2 Å². The summed E-state index contributed by atoms with van der Waals surface area (Å²) < 4.78 is 37.2. The van der Waals surface area contributed by atoms with Crippen LogP contribution >= 0.6 is 11.3 Å². The molecule has 1 amide bonds. The van der Waals surface area contributed by atoms with Gasteiger partial charge >= 0.3 is 6.18 Å². The maximum absolute atomic E-state index is 12.4. The fourth-order valence-electron chi connectivity index (χ4n) is 1.53. The van der Waals surface area contributed by atoms with E-state index in [1.807, 2.05) is 0 Å². The fourth-order valence-corrected chi connectivity index (χ4v) is 2.13. The summed E-state index contributed by atoms with van der Waals surface area (Å²) in [5, 5.41) is 7.05. The molecule has 10 heteroatoms. The van der Waals surface area contributed by atoms with Crippen molar-refractivity contribution in [3.05, 3.63) is 34.6 Å². The van der Waals surface area contributed by atoms with E-state index < -0.39 is 17.1 Å². The van der Waals surface area contributed by atoms with Gasteiger partial charge in [0.15, 0.2) is 0 Å². The molecule has 0 radical (unpaired) electrons. The SMILES string of the molecule is CC(=O)Cc1cc(C(=O)Nc2nnc(C(F)(F)F)s2)ccn1. The first kappa shape index (κ1) is 16.0. The van der Waals surface area contributed by atoms with Crippen LogP contribution in [-0.2, 0) is 17.4 Å². The highest BCUT2D eigenvalue weighted by Gasteiger charge is 2.35. The molecule has 0 saturated heterocycles. The molecule has 1 N–H and O–H groups in total. The van der Waals surface area contributed by atoms with Crippen molar-refractivity contribution >= 4 is 28.2 Å². The van der Waals surface area contributed by atoms with E-state index in [0.29, 0.717) is 5.69 Å². The standard InChI is InChI=1S/C12H9F3N4O2S/c1-6(20)4-8-5-7(2-3-16-8)9(21)17-11-19-18-10(22-11)12(13,14)15/h2-3,5H,4H2,1H3,(H,17,19,21). The second-order valence-electron chi connectivity index (χ2n) is 4.28. The van der Waals surface area contributed by atoms with Crippen LogP contribution in [0.1, 0.15) is 28.0 Å². The number of ketones is 1. The van der Waals surface area contributed by atoms with Crippen molar-refractivity contribution in [3.8, 4) is 0 Å². The molecule has 0 aliphatic rings. The lowest BCUT2D eigenvalue weighted by Gasteiger charge is -2.03. The summed E-state index contributed by atoms with van der Waals surface area (Å²) in [6.07, 6.45) is -3.20. The Labute approximate surface area is 126 Å². The highest BCUT2D eigenvalue weighted by molar-refractivity contribution is 7.15. The van der Waals surface area contributed by atoms with E-state index in [1.54, 1.807) is 0 Å². The normalized spacial score (nSPS) is 11.3. The Kier molecular flexibility index (Phi) is 4.50. The molecule has 0 atom stereocenters. The van der Waals surface area contributed by atoms with Gasteiger partial charge in [-0.05, 0) is 19.1 Å². The number of pyridine rings is 1. The van der Waals surface area contributed by atoms with E-state index in [0.717, 1.165) is 0 Å². The number of hydrogen-bond acceptors (Lipinski definition) is 6. The minimum Gasteiger partial charge on any atom is -0.300 e. The summed E-state index contributed by atoms with van der Waals surface area (Å²) in [6, 6.07) is 2.77. The fraction of sp³-hybridized carbons (Fsp3) is 0.250. The largest absolute Gasteiger partial charge is 0.445 e. The number of aromatic nitrogens is 3. The first-order valence-corrected chi connectivity index (χ1v) is 6.74. The average molecular weight is 330 g/mol. The van der Waals surface area contributed by atoms with Crippen LogP contribution in [0, 0.1) is 0 Å². The maximum atomic E-state index is 12.4. The van der Waals surface area contributed by atoms with Crippen LogP contribution < -0.4 is 5.32 Å². The minimum absolute atomic E-state index is 0.0676. The lowest BCUT2D eigenvalue weighted by molar-refractivity contribution is -0.138. The van der Waals surface area contributed by atoms with E-state index in [9.17, 15) is 22.8 Å². The van der Waals surface area contributed by atoms with E-state index in [4.69, 9.17) is 0 Å². The first-order chi connectivity index (χ1) is 10.3. The smallest absolute Gasteiger partial charge is 0.300 e. The number of carbonyl (C=O) groups excluding carboxylic acids is 2. The minimum atomic E-state index is -4.61. The van der Waals surface area contributed by atoms with Gasteiger partial charge in [-0.1, -0.05) is 11.3 Å². The molecule has 0 fully saturated rings. The Morgan fingerprint density at radius 2 is 2.05 bits per heavy atom. The molecule has 0 spiro atoms. The van der Waals surface area contributed by atoms with Gasteiger partial charge in [0.05, 0.1) is 0 Å². The number of halogens is 3. The molecule has 0 unspecified atom stereocenters. The zero-order chi connectivity index (χ0) is 16.3. The maximum Gasteiger partial charge on any atom is 0.445 e. The van der Waals surface area contributed by atoms with E-state index in [2.05, 4.69) is 20.5 Å². The Balaban J connectivity index is 2.12. The lowest BCUT2D eigenvalue weighted by atomic mass is 10.1. The zero-order valence-corrected chi connectivity index (χ0v) is 12.0. The van der Waals surface area contributed by atoms with Gasteiger partial charge in [0.1, 0.15) is 5.78 Å². The van der Waals surface area contributed by atoms with E-state index in [1.165, 1.54) is 25.3 Å². The van der Waals surface area contributed by atoms with Crippen LogP contribution in [0.2, 0.25) is 0 Å². The van der Waals surface area contributed by atoms with Gasteiger partial charge in [-0.3, -0.25) is 19.9 Å². The van der Waals surface area contributed by atoms with Crippen molar-refractivity contribution in [3.63, 3.8) is 0 Å². The Morgan fingerprint density at radius 3 is 2.64 bits per heavy atom. The predicted octanol–water partition coefficient (Wildman–Crippen LogP) is 2.34. The third kappa shape index (κ3) is 4.07. The number of nitrogens with zero attached hydrogens (tertiary/aromatic N) is 3. The summed E-state index contributed by atoms with van der Waals surface area (Å²) in [7, 11) is 0. The number of nitrogens with one attached hydrogen (secondary N) is 1. The number of Topliss-reactive ketones (excluding diaryl/α,β-unsaturated/α-hetero) is 1. The summed E-state index contributed by atoms with van der Waals surface area (Å²) in [4.78, 5) is 26.9. The molecule has 6 nitrogen and oxygen atoms in total. The highest BCUT2D eigenvalue weighted by atomic mass is 32.1. The van der Waals surface area contributed by atoms with Gasteiger partial charge in [-0.2, -0.15) is 13.2 Å². The molecule has 0 aliphatic heterocycles. The van der Waals surface area contributed by atoms with E-state index >= 15 is 0 Å². The summed E-state index contributed by atoms with van der Waals surface area (Å²) in [5.41, 5.74) is 0.559. The quantitative estimate of drug-likeness (QED) is 0.930. The van der Waals surface area contributed by atoms with Gasteiger partial charge in [0.2, 0.25) is 10.1 Å². The Bertz CT molecular complexity index is 714. The number of hydrogen-bond donors (Lipinski definition) is 1. The van der Waals surface area contributed by atoms with Crippen LogP contribution in [0.25, 0.3) is 0 Å². The van der Waals surface area contributed by atoms with Crippen LogP contribution in [0.15, 0.2) is 18.3 Å². The molecule has 0 bridgehead atoms. The molecule has 0 aromatic carbocycles. The molecule has 2 aromatic heterocycles. The topological polar surface area (TPSA) is 84.8 Å². The highest BCUT2D eigenvalue weighted by Crippen LogP contribution is 2.33. The van der Waals surface area contributed by atoms with Crippen LogP contribution in [0.4, 0.5) is 18.3 Å². The first-order valence-electron chi connectivity index (χ1n) is 5.92. The molecular weight excluding hydrogens is 321 g/mol. The van der Waals surface area contributed by atoms with Crippen molar-refractivity contribution in [2.45, 2.75) is 19.5 Å². The van der Waals surface area contributed by atoms with Crippen LogP contribution in [0.3, 0.4) is 0 Å². The van der Waals surface area contributed by atoms with Crippen molar-refractivity contribution < 1.29 is 22.8 Å². The monoisotopic (exact) mass is 330 g/mol. The van der Waals surface area contributed by atoms with Gasteiger partial charge in [0, 0.05) is 23.9 Å². The predicted molar refractivity (Wildman–Crippen MR) is 71.5 cm³/mol. The molecule has 2 aromatic rings. The van der Waals surface area contributed by atoms with Gasteiger partial charge in [-0.25, -0.2) is 0 Å². The summed E-state index contributed by atoms with van der Waals surface area (Å²) in [6.45, 7) is 1.38. The second kappa shape index (κ2) is 6.18. The third-order valence-electron chi connectivity index (χ3n) is 2.40. The van der Waals surface area contributed by atoms with Gasteiger partial charge in [0.25, 0.3) is 5.91 Å².